The van der Waals surface area contributed by atoms with Gasteiger partial charge in [-0.05, 0) is 49.4 Å². The molecular formula is C15H23Cl2N. The van der Waals surface area contributed by atoms with Crippen LogP contribution >= 0.6 is 23.2 Å². The monoisotopic (exact) mass is 287 g/mol. The van der Waals surface area contributed by atoms with Gasteiger partial charge < -0.3 is 5.32 Å². The van der Waals surface area contributed by atoms with Gasteiger partial charge in [-0.25, -0.2) is 0 Å². The summed E-state index contributed by atoms with van der Waals surface area (Å²) in [5.41, 5.74) is 1.18. The summed E-state index contributed by atoms with van der Waals surface area (Å²) in [6, 6.07) is 6.26. The third-order valence-corrected chi connectivity index (χ3v) is 3.51. The van der Waals surface area contributed by atoms with Gasteiger partial charge in [-0.2, -0.15) is 0 Å². The van der Waals surface area contributed by atoms with Gasteiger partial charge in [0.2, 0.25) is 0 Å². The van der Waals surface area contributed by atoms with E-state index in [-0.39, 0.29) is 0 Å². The minimum absolute atomic E-state index is 0.489. The van der Waals surface area contributed by atoms with E-state index in [1.807, 2.05) is 18.2 Å². The molecule has 1 nitrogen and oxygen atoms in total. The average molecular weight is 288 g/mol. The van der Waals surface area contributed by atoms with Crippen LogP contribution in [0.3, 0.4) is 0 Å². The molecule has 1 aromatic carbocycles. The third kappa shape index (κ3) is 5.60. The Morgan fingerprint density at radius 1 is 1.22 bits per heavy atom. The van der Waals surface area contributed by atoms with E-state index < -0.39 is 0 Å². The SMILES string of the molecule is CCCNC(Cc1ccc(Cl)cc1Cl)CC(C)C. The van der Waals surface area contributed by atoms with Gasteiger partial charge in [0.25, 0.3) is 0 Å². The predicted octanol–water partition coefficient (Wildman–Crippen LogP) is 4.95. The van der Waals surface area contributed by atoms with Crippen LogP contribution in [0.2, 0.25) is 10.0 Å². The van der Waals surface area contributed by atoms with E-state index in [4.69, 9.17) is 23.2 Å². The quantitative estimate of drug-likeness (QED) is 0.748. The molecule has 0 aliphatic rings. The molecule has 1 atom stereocenters. The zero-order valence-electron chi connectivity index (χ0n) is 11.5. The molecule has 0 saturated carbocycles. The van der Waals surface area contributed by atoms with Crippen molar-refractivity contribution in [1.29, 1.82) is 0 Å². The fourth-order valence-corrected chi connectivity index (χ4v) is 2.59. The molecule has 0 bridgehead atoms. The van der Waals surface area contributed by atoms with E-state index in [1.165, 1.54) is 12.0 Å². The first-order valence-electron chi connectivity index (χ1n) is 6.70. The molecule has 0 saturated heterocycles. The van der Waals surface area contributed by atoms with Gasteiger partial charge in [0.1, 0.15) is 0 Å². The summed E-state index contributed by atoms with van der Waals surface area (Å²) in [5.74, 6) is 0.686. The van der Waals surface area contributed by atoms with Gasteiger partial charge in [-0.3, -0.25) is 0 Å². The van der Waals surface area contributed by atoms with Crippen LogP contribution in [0.15, 0.2) is 18.2 Å². The Morgan fingerprint density at radius 3 is 2.50 bits per heavy atom. The Balaban J connectivity index is 2.68. The standard InChI is InChI=1S/C15H23Cl2N/c1-4-7-18-14(8-11(2)3)9-12-5-6-13(16)10-15(12)17/h5-6,10-11,14,18H,4,7-9H2,1-3H3. The summed E-state index contributed by atoms with van der Waals surface area (Å²) < 4.78 is 0. The van der Waals surface area contributed by atoms with Gasteiger partial charge in [-0.15, -0.1) is 0 Å². The highest BCUT2D eigenvalue weighted by molar-refractivity contribution is 6.35. The molecule has 1 aromatic rings. The Labute approximate surface area is 121 Å². The van der Waals surface area contributed by atoms with E-state index in [0.29, 0.717) is 17.0 Å². The number of rotatable bonds is 7. The summed E-state index contributed by atoms with van der Waals surface area (Å²) in [7, 11) is 0. The molecule has 102 valence electrons. The topological polar surface area (TPSA) is 12.0 Å². The van der Waals surface area contributed by atoms with Crippen LogP contribution in [0, 0.1) is 5.92 Å². The summed E-state index contributed by atoms with van der Waals surface area (Å²) in [5, 5.41) is 5.07. The van der Waals surface area contributed by atoms with Crippen LogP contribution in [-0.4, -0.2) is 12.6 Å². The van der Waals surface area contributed by atoms with Crippen molar-refractivity contribution in [3.8, 4) is 0 Å². The highest BCUT2D eigenvalue weighted by Crippen LogP contribution is 2.23. The fourth-order valence-electron chi connectivity index (χ4n) is 2.11. The fraction of sp³-hybridized carbons (Fsp3) is 0.600. The van der Waals surface area contributed by atoms with Crippen molar-refractivity contribution in [3.05, 3.63) is 33.8 Å². The van der Waals surface area contributed by atoms with Crippen LogP contribution < -0.4 is 5.32 Å². The molecule has 0 aromatic heterocycles. The smallest absolute Gasteiger partial charge is 0.0453 e. The van der Waals surface area contributed by atoms with Gasteiger partial charge >= 0.3 is 0 Å². The van der Waals surface area contributed by atoms with E-state index in [9.17, 15) is 0 Å². The minimum atomic E-state index is 0.489. The number of benzene rings is 1. The lowest BCUT2D eigenvalue weighted by molar-refractivity contribution is 0.416. The highest BCUT2D eigenvalue weighted by atomic mass is 35.5. The largest absolute Gasteiger partial charge is 0.314 e. The molecule has 0 fully saturated rings. The number of halogens is 2. The first-order valence-corrected chi connectivity index (χ1v) is 7.45. The Morgan fingerprint density at radius 2 is 1.94 bits per heavy atom. The molecule has 1 rings (SSSR count). The third-order valence-electron chi connectivity index (χ3n) is 2.92. The number of hydrogen-bond donors (Lipinski definition) is 1. The lowest BCUT2D eigenvalue weighted by Gasteiger charge is -2.21. The van der Waals surface area contributed by atoms with E-state index >= 15 is 0 Å². The summed E-state index contributed by atoms with van der Waals surface area (Å²) in [4.78, 5) is 0. The van der Waals surface area contributed by atoms with Crippen LogP contribution in [-0.2, 0) is 6.42 Å². The van der Waals surface area contributed by atoms with Crippen molar-refractivity contribution in [2.75, 3.05) is 6.54 Å². The van der Waals surface area contributed by atoms with Crippen molar-refractivity contribution < 1.29 is 0 Å². The van der Waals surface area contributed by atoms with Crippen molar-refractivity contribution in [2.45, 2.75) is 46.1 Å². The van der Waals surface area contributed by atoms with Crippen LogP contribution in [0.5, 0.6) is 0 Å². The van der Waals surface area contributed by atoms with Crippen LogP contribution in [0.1, 0.15) is 39.2 Å². The van der Waals surface area contributed by atoms with E-state index in [1.54, 1.807) is 0 Å². The maximum absolute atomic E-state index is 6.23. The molecule has 18 heavy (non-hydrogen) atoms. The lowest BCUT2D eigenvalue weighted by Crippen LogP contribution is -2.33. The number of hydrogen-bond acceptors (Lipinski definition) is 1. The van der Waals surface area contributed by atoms with E-state index in [0.717, 1.165) is 24.4 Å². The van der Waals surface area contributed by atoms with Crippen LogP contribution in [0.4, 0.5) is 0 Å². The summed E-state index contributed by atoms with van der Waals surface area (Å²) in [6.07, 6.45) is 3.29. The van der Waals surface area contributed by atoms with Crippen molar-refractivity contribution >= 4 is 23.2 Å². The normalized spacial score (nSPS) is 13.0. The Kier molecular flexibility index (Phi) is 7.06. The summed E-state index contributed by atoms with van der Waals surface area (Å²) in [6.45, 7) is 7.76. The first kappa shape index (κ1) is 15.8. The zero-order chi connectivity index (χ0) is 13.5. The lowest BCUT2D eigenvalue weighted by atomic mass is 9.97. The Hall–Kier alpha value is -0.240. The first-order chi connectivity index (χ1) is 8.52. The summed E-state index contributed by atoms with van der Waals surface area (Å²) >= 11 is 12.2. The number of nitrogens with one attached hydrogen (secondary N) is 1. The van der Waals surface area contributed by atoms with E-state index in [2.05, 4.69) is 26.1 Å². The van der Waals surface area contributed by atoms with Gasteiger partial charge in [-0.1, -0.05) is 50.0 Å². The molecule has 0 radical (unpaired) electrons. The second-order valence-electron chi connectivity index (χ2n) is 5.22. The average Bonchev–Trinajstić information content (AvgIpc) is 2.29. The molecule has 0 spiro atoms. The molecule has 1 N–H and O–H groups in total. The van der Waals surface area contributed by atoms with Gasteiger partial charge in [0.15, 0.2) is 0 Å². The molecular weight excluding hydrogens is 265 g/mol. The van der Waals surface area contributed by atoms with Crippen molar-refractivity contribution in [2.24, 2.45) is 5.92 Å². The van der Waals surface area contributed by atoms with Crippen molar-refractivity contribution in [1.82, 2.24) is 5.32 Å². The van der Waals surface area contributed by atoms with Crippen molar-refractivity contribution in [3.63, 3.8) is 0 Å². The maximum atomic E-state index is 6.23. The molecule has 0 amide bonds. The molecule has 0 aliphatic carbocycles. The molecule has 3 heteroatoms. The Bertz CT molecular complexity index is 364. The second kappa shape index (κ2) is 8.04. The predicted molar refractivity (Wildman–Crippen MR) is 81.7 cm³/mol. The van der Waals surface area contributed by atoms with Gasteiger partial charge in [0.05, 0.1) is 0 Å². The maximum Gasteiger partial charge on any atom is 0.0453 e. The molecule has 0 heterocycles. The molecule has 1 unspecified atom stereocenters. The second-order valence-corrected chi connectivity index (χ2v) is 6.06. The van der Waals surface area contributed by atoms with Gasteiger partial charge in [0, 0.05) is 16.1 Å². The molecule has 0 aliphatic heterocycles. The minimum Gasteiger partial charge on any atom is -0.314 e. The highest BCUT2D eigenvalue weighted by Gasteiger charge is 2.13. The zero-order valence-corrected chi connectivity index (χ0v) is 13.0. The van der Waals surface area contributed by atoms with Crippen LogP contribution in [0.25, 0.3) is 0 Å².